The molecule has 0 unspecified atom stereocenters. The van der Waals surface area contributed by atoms with Gasteiger partial charge in [0, 0.05) is 23.5 Å². The summed E-state index contributed by atoms with van der Waals surface area (Å²) in [7, 11) is 1.98. The predicted molar refractivity (Wildman–Crippen MR) is 83.8 cm³/mol. The molecule has 0 bridgehead atoms. The van der Waals surface area contributed by atoms with Crippen LogP contribution in [0.1, 0.15) is 5.56 Å². The topological polar surface area (TPSA) is 29.0 Å². The van der Waals surface area contributed by atoms with Gasteiger partial charge in [-0.3, -0.25) is 0 Å². The van der Waals surface area contributed by atoms with Crippen LogP contribution in [-0.4, -0.2) is 17.2 Å². The van der Waals surface area contributed by atoms with Gasteiger partial charge < -0.3 is 4.90 Å². The summed E-state index contributed by atoms with van der Waals surface area (Å²) in [6.45, 7) is 2.07. The molecule has 0 saturated carbocycles. The highest BCUT2D eigenvalue weighted by atomic mass is 35.5. The van der Waals surface area contributed by atoms with E-state index in [4.69, 9.17) is 11.6 Å². The van der Waals surface area contributed by atoms with Gasteiger partial charge in [-0.1, -0.05) is 53.6 Å². The first-order valence-corrected chi connectivity index (χ1v) is 6.76. The predicted octanol–water partition coefficient (Wildman–Crippen LogP) is 4.36. The summed E-state index contributed by atoms with van der Waals surface area (Å²) < 4.78 is 0. The minimum Gasteiger partial charge on any atom is -0.327 e. The van der Waals surface area contributed by atoms with Crippen LogP contribution in [-0.2, 0) is 0 Å². The Morgan fingerprint density at radius 3 is 2.25 bits per heavy atom. The molecule has 1 heterocycles. The third-order valence-electron chi connectivity index (χ3n) is 3.36. The summed E-state index contributed by atoms with van der Waals surface area (Å²) in [5.74, 6) is 0.800. The Balaban J connectivity index is 2.14. The molecular formula is C16H14ClN3. The zero-order chi connectivity index (χ0) is 14.1. The smallest absolute Gasteiger partial charge is 0.163 e. The van der Waals surface area contributed by atoms with Crippen LogP contribution in [0.15, 0.2) is 48.5 Å². The highest BCUT2D eigenvalue weighted by Crippen LogP contribution is 2.31. The van der Waals surface area contributed by atoms with Gasteiger partial charge in [0.05, 0.1) is 0 Å². The normalized spacial score (nSPS) is 10.8. The molecule has 3 nitrogen and oxygen atoms in total. The molecule has 0 atom stereocenters. The number of benzene rings is 2. The van der Waals surface area contributed by atoms with Crippen molar-refractivity contribution in [1.29, 1.82) is 0 Å². The highest BCUT2D eigenvalue weighted by Gasteiger charge is 2.12. The summed E-state index contributed by atoms with van der Waals surface area (Å²) >= 11 is 6.11. The van der Waals surface area contributed by atoms with Crippen LogP contribution in [0.25, 0.3) is 10.8 Å². The maximum atomic E-state index is 6.11. The Morgan fingerprint density at radius 1 is 0.900 bits per heavy atom. The molecule has 0 radical (unpaired) electrons. The van der Waals surface area contributed by atoms with Crippen LogP contribution in [0.3, 0.4) is 0 Å². The summed E-state index contributed by atoms with van der Waals surface area (Å²) in [6.07, 6.45) is 0. The standard InChI is InChI=1S/C16H14ClN3/c1-11-7-9-12(10-8-11)20(2)16-14-6-4-3-5-13(14)15(17)18-19-16/h3-10H,1-2H3. The minimum absolute atomic E-state index is 0.432. The van der Waals surface area contributed by atoms with E-state index in [2.05, 4.69) is 41.4 Å². The van der Waals surface area contributed by atoms with E-state index in [0.29, 0.717) is 5.15 Å². The van der Waals surface area contributed by atoms with Gasteiger partial charge in [0.1, 0.15) is 0 Å². The zero-order valence-electron chi connectivity index (χ0n) is 11.3. The van der Waals surface area contributed by atoms with Gasteiger partial charge in [0.25, 0.3) is 0 Å². The average molecular weight is 284 g/mol. The summed E-state index contributed by atoms with van der Waals surface area (Å²) in [4.78, 5) is 2.02. The molecule has 20 heavy (non-hydrogen) atoms. The molecule has 100 valence electrons. The Morgan fingerprint density at radius 2 is 1.55 bits per heavy atom. The molecule has 3 rings (SSSR count). The Labute approximate surface area is 122 Å². The molecule has 0 fully saturated rings. The Bertz CT molecular complexity index is 753. The van der Waals surface area contributed by atoms with Crippen molar-refractivity contribution in [2.75, 3.05) is 11.9 Å². The molecule has 1 aromatic heterocycles. The quantitative estimate of drug-likeness (QED) is 0.700. The summed E-state index contributed by atoms with van der Waals surface area (Å²) in [5, 5.41) is 10.6. The Hall–Kier alpha value is -2.13. The van der Waals surface area contributed by atoms with Gasteiger partial charge in [-0.05, 0) is 19.1 Å². The molecular weight excluding hydrogens is 270 g/mol. The number of anilines is 2. The number of nitrogens with zero attached hydrogens (tertiary/aromatic N) is 3. The molecule has 0 N–H and O–H groups in total. The third kappa shape index (κ3) is 2.21. The first-order valence-electron chi connectivity index (χ1n) is 6.38. The average Bonchev–Trinajstić information content (AvgIpc) is 2.48. The molecule has 4 heteroatoms. The fraction of sp³-hybridized carbons (Fsp3) is 0.125. The van der Waals surface area contributed by atoms with E-state index in [-0.39, 0.29) is 0 Å². The van der Waals surface area contributed by atoms with Crippen molar-refractivity contribution < 1.29 is 0 Å². The second-order valence-corrected chi connectivity index (χ2v) is 5.11. The van der Waals surface area contributed by atoms with E-state index in [1.807, 2.05) is 36.2 Å². The van der Waals surface area contributed by atoms with Crippen LogP contribution in [0, 0.1) is 6.92 Å². The maximum absolute atomic E-state index is 6.11. The first kappa shape index (κ1) is 12.9. The largest absolute Gasteiger partial charge is 0.327 e. The van der Waals surface area contributed by atoms with Crippen molar-refractivity contribution in [2.45, 2.75) is 6.92 Å². The van der Waals surface area contributed by atoms with Crippen molar-refractivity contribution in [2.24, 2.45) is 0 Å². The van der Waals surface area contributed by atoms with Crippen molar-refractivity contribution in [3.63, 3.8) is 0 Å². The van der Waals surface area contributed by atoms with Gasteiger partial charge >= 0.3 is 0 Å². The van der Waals surface area contributed by atoms with Gasteiger partial charge in [0.2, 0.25) is 0 Å². The Kier molecular flexibility index (Phi) is 3.28. The second-order valence-electron chi connectivity index (χ2n) is 4.75. The van der Waals surface area contributed by atoms with Gasteiger partial charge in [-0.25, -0.2) is 0 Å². The van der Waals surface area contributed by atoms with E-state index >= 15 is 0 Å². The number of halogens is 1. The number of hydrogen-bond acceptors (Lipinski definition) is 3. The summed E-state index contributed by atoms with van der Waals surface area (Å²) in [5.41, 5.74) is 2.30. The van der Waals surface area contributed by atoms with Gasteiger partial charge in [-0.2, -0.15) is 0 Å². The number of aryl methyl sites for hydroxylation is 1. The number of hydrogen-bond donors (Lipinski definition) is 0. The van der Waals surface area contributed by atoms with Crippen LogP contribution in [0.2, 0.25) is 5.15 Å². The second kappa shape index (κ2) is 5.10. The van der Waals surface area contributed by atoms with E-state index in [1.54, 1.807) is 0 Å². The molecule has 0 aliphatic rings. The van der Waals surface area contributed by atoms with E-state index < -0.39 is 0 Å². The molecule has 0 saturated heterocycles. The first-order chi connectivity index (χ1) is 9.66. The molecule has 3 aromatic rings. The maximum Gasteiger partial charge on any atom is 0.163 e. The molecule has 0 aliphatic heterocycles. The SMILES string of the molecule is Cc1ccc(N(C)c2nnc(Cl)c3ccccc23)cc1. The van der Waals surface area contributed by atoms with Crippen LogP contribution in [0.5, 0.6) is 0 Å². The fourth-order valence-electron chi connectivity index (χ4n) is 2.20. The number of aromatic nitrogens is 2. The van der Waals surface area contributed by atoms with Crippen molar-refractivity contribution >= 4 is 33.9 Å². The zero-order valence-corrected chi connectivity index (χ0v) is 12.1. The van der Waals surface area contributed by atoms with E-state index in [9.17, 15) is 0 Å². The van der Waals surface area contributed by atoms with Crippen LogP contribution in [0.4, 0.5) is 11.5 Å². The third-order valence-corrected chi connectivity index (χ3v) is 3.64. The molecule has 0 spiro atoms. The lowest BCUT2D eigenvalue weighted by atomic mass is 10.1. The van der Waals surface area contributed by atoms with Crippen molar-refractivity contribution in [1.82, 2.24) is 10.2 Å². The monoisotopic (exact) mass is 283 g/mol. The lowest BCUT2D eigenvalue weighted by Gasteiger charge is -2.19. The van der Waals surface area contributed by atoms with Crippen LogP contribution >= 0.6 is 11.6 Å². The number of rotatable bonds is 2. The molecule has 0 amide bonds. The van der Waals surface area contributed by atoms with Crippen molar-refractivity contribution in [3.05, 3.63) is 59.2 Å². The van der Waals surface area contributed by atoms with Crippen LogP contribution < -0.4 is 4.90 Å². The molecule has 0 aliphatic carbocycles. The van der Waals surface area contributed by atoms with Gasteiger partial charge in [0.15, 0.2) is 11.0 Å². The fourth-order valence-corrected chi connectivity index (χ4v) is 2.40. The number of fused-ring (bicyclic) bond motifs is 1. The highest BCUT2D eigenvalue weighted by molar-refractivity contribution is 6.34. The minimum atomic E-state index is 0.432. The van der Waals surface area contributed by atoms with Crippen molar-refractivity contribution in [3.8, 4) is 0 Å². The van der Waals surface area contributed by atoms with E-state index in [1.165, 1.54) is 5.56 Å². The van der Waals surface area contributed by atoms with Gasteiger partial charge in [-0.15, -0.1) is 10.2 Å². The van der Waals surface area contributed by atoms with E-state index in [0.717, 1.165) is 22.3 Å². The lowest BCUT2D eigenvalue weighted by Crippen LogP contribution is -2.12. The lowest BCUT2D eigenvalue weighted by molar-refractivity contribution is 1.01. The summed E-state index contributed by atoms with van der Waals surface area (Å²) in [6, 6.07) is 16.2. The molecule has 2 aromatic carbocycles.